The number of aromatic nitrogens is 4. The van der Waals surface area contributed by atoms with Crippen molar-refractivity contribution >= 4 is 17.7 Å². The second-order valence-electron chi connectivity index (χ2n) is 5.46. The van der Waals surface area contributed by atoms with E-state index in [4.69, 9.17) is 4.74 Å². The highest BCUT2D eigenvalue weighted by molar-refractivity contribution is 7.99. The van der Waals surface area contributed by atoms with E-state index in [1.165, 1.54) is 11.8 Å². The Bertz CT molecular complexity index is 671. The van der Waals surface area contributed by atoms with E-state index in [1.807, 2.05) is 28.9 Å². The molecule has 8 heteroatoms. The summed E-state index contributed by atoms with van der Waals surface area (Å²) in [5.74, 6) is 0.280. The molecule has 2 aromatic rings. The van der Waals surface area contributed by atoms with E-state index < -0.39 is 0 Å². The molecule has 1 amide bonds. The number of hydrogen-bond acceptors (Lipinski definition) is 6. The number of nitrogens with one attached hydrogen (secondary N) is 1. The van der Waals surface area contributed by atoms with Gasteiger partial charge in [-0.15, -0.1) is 5.10 Å². The number of amides is 1. The normalized spacial score (nSPS) is 14.0. The van der Waals surface area contributed by atoms with Crippen molar-refractivity contribution < 1.29 is 9.53 Å². The van der Waals surface area contributed by atoms with Crippen molar-refractivity contribution in [1.29, 1.82) is 0 Å². The summed E-state index contributed by atoms with van der Waals surface area (Å²) in [6.07, 6.45) is 2.23. The van der Waals surface area contributed by atoms with E-state index in [9.17, 15) is 4.79 Å². The lowest BCUT2D eigenvalue weighted by atomic mass is 10.1. The van der Waals surface area contributed by atoms with E-state index >= 15 is 0 Å². The maximum atomic E-state index is 12.0. The number of benzene rings is 1. The molecule has 1 fully saturated rings. The number of hydrogen-bond donors (Lipinski definition) is 1. The number of carbonyl (C=O) groups excluding carboxylic acids is 1. The first-order valence-corrected chi connectivity index (χ1v) is 8.49. The van der Waals surface area contributed by atoms with Crippen LogP contribution < -0.4 is 5.32 Å². The number of ether oxygens (including phenoxy) is 1. The van der Waals surface area contributed by atoms with Gasteiger partial charge in [-0.3, -0.25) is 4.79 Å². The number of methoxy groups -OCH3 is 1. The molecule has 3 rings (SSSR count). The van der Waals surface area contributed by atoms with Crippen LogP contribution in [0.3, 0.4) is 0 Å². The number of tetrazole rings is 1. The van der Waals surface area contributed by atoms with E-state index in [0.717, 1.165) is 24.0 Å². The summed E-state index contributed by atoms with van der Waals surface area (Å²) >= 11 is 1.37. The van der Waals surface area contributed by atoms with Crippen LogP contribution in [0, 0.1) is 0 Å². The molecule has 1 aromatic carbocycles. The molecule has 1 heterocycles. The van der Waals surface area contributed by atoms with Crippen molar-refractivity contribution in [1.82, 2.24) is 25.5 Å². The molecule has 0 bridgehead atoms. The van der Waals surface area contributed by atoms with Gasteiger partial charge >= 0.3 is 0 Å². The molecule has 1 aliphatic rings. The highest BCUT2D eigenvalue weighted by Gasteiger charge is 2.28. The van der Waals surface area contributed by atoms with Gasteiger partial charge in [0.1, 0.15) is 0 Å². The van der Waals surface area contributed by atoms with E-state index in [0.29, 0.717) is 30.1 Å². The van der Waals surface area contributed by atoms with Gasteiger partial charge in [-0.25, -0.2) is 4.68 Å². The summed E-state index contributed by atoms with van der Waals surface area (Å²) < 4.78 is 6.92. The minimum atomic E-state index is -0.0301. The van der Waals surface area contributed by atoms with Crippen molar-refractivity contribution in [3.05, 3.63) is 35.4 Å². The average Bonchev–Trinajstić information content (AvgIpc) is 3.30. The summed E-state index contributed by atoms with van der Waals surface area (Å²) in [4.78, 5) is 12.0. The molecular formula is C15H19N5O2S. The van der Waals surface area contributed by atoms with Gasteiger partial charge in [0.15, 0.2) is 0 Å². The minimum absolute atomic E-state index is 0.0301. The van der Waals surface area contributed by atoms with Gasteiger partial charge < -0.3 is 10.1 Å². The van der Waals surface area contributed by atoms with Crippen LogP contribution in [0.15, 0.2) is 29.4 Å². The Morgan fingerprint density at radius 2 is 2.26 bits per heavy atom. The zero-order valence-corrected chi connectivity index (χ0v) is 13.8. The Labute approximate surface area is 138 Å². The first-order valence-electron chi connectivity index (χ1n) is 7.50. The standard InChI is InChI=1S/C15H19N5O2S/c1-22-9-12-4-2-3-11(7-12)8-16-14(21)10-23-15-17-18-19-20(15)13-5-6-13/h2-4,7,13H,5-6,8-10H2,1H3,(H,16,21). The molecule has 23 heavy (non-hydrogen) atoms. The molecule has 0 spiro atoms. The van der Waals surface area contributed by atoms with Crippen LogP contribution in [0.2, 0.25) is 0 Å². The zero-order chi connectivity index (χ0) is 16.1. The second kappa shape index (κ2) is 7.56. The largest absolute Gasteiger partial charge is 0.380 e. The smallest absolute Gasteiger partial charge is 0.230 e. The zero-order valence-electron chi connectivity index (χ0n) is 12.9. The summed E-state index contributed by atoms with van der Waals surface area (Å²) in [5.41, 5.74) is 2.15. The number of rotatable bonds is 8. The first-order chi connectivity index (χ1) is 11.3. The van der Waals surface area contributed by atoms with Gasteiger partial charge in [0.05, 0.1) is 18.4 Å². The highest BCUT2D eigenvalue weighted by atomic mass is 32.2. The molecule has 0 radical (unpaired) electrons. The van der Waals surface area contributed by atoms with Crippen LogP contribution in [0.4, 0.5) is 0 Å². The summed E-state index contributed by atoms with van der Waals surface area (Å²) in [6, 6.07) is 8.40. The third kappa shape index (κ3) is 4.52. The molecule has 0 unspecified atom stereocenters. The number of carbonyl (C=O) groups is 1. The maximum absolute atomic E-state index is 12.0. The average molecular weight is 333 g/mol. The molecule has 0 atom stereocenters. The SMILES string of the molecule is COCc1cccc(CNC(=O)CSc2nnnn2C2CC2)c1. The fraction of sp³-hybridized carbons (Fsp3) is 0.467. The lowest BCUT2D eigenvalue weighted by molar-refractivity contribution is -0.118. The van der Waals surface area contributed by atoms with Gasteiger partial charge in [0, 0.05) is 13.7 Å². The topological polar surface area (TPSA) is 81.9 Å². The molecule has 1 aliphatic carbocycles. The summed E-state index contributed by atoms with van der Waals surface area (Å²) in [7, 11) is 1.67. The molecule has 1 aromatic heterocycles. The fourth-order valence-corrected chi connectivity index (χ4v) is 2.98. The van der Waals surface area contributed by atoms with E-state index in [1.54, 1.807) is 7.11 Å². The van der Waals surface area contributed by atoms with Gasteiger partial charge in [-0.2, -0.15) is 0 Å². The highest BCUT2D eigenvalue weighted by Crippen LogP contribution is 2.36. The van der Waals surface area contributed by atoms with Crippen molar-refractivity contribution in [2.75, 3.05) is 12.9 Å². The number of thioether (sulfide) groups is 1. The molecule has 1 saturated carbocycles. The molecule has 0 aliphatic heterocycles. The quantitative estimate of drug-likeness (QED) is 0.738. The third-order valence-corrected chi connectivity index (χ3v) is 4.41. The van der Waals surface area contributed by atoms with Crippen LogP contribution in [0.25, 0.3) is 0 Å². The van der Waals surface area contributed by atoms with Gasteiger partial charge in [-0.1, -0.05) is 36.0 Å². The van der Waals surface area contributed by atoms with E-state index in [2.05, 4.69) is 20.8 Å². The van der Waals surface area contributed by atoms with Crippen molar-refractivity contribution in [2.24, 2.45) is 0 Å². The van der Waals surface area contributed by atoms with Gasteiger partial charge in [-0.05, 0) is 34.4 Å². The summed E-state index contributed by atoms with van der Waals surface area (Å²) in [5, 5.41) is 15.2. The number of nitrogens with zero attached hydrogens (tertiary/aromatic N) is 4. The second-order valence-corrected chi connectivity index (χ2v) is 6.40. The fourth-order valence-electron chi connectivity index (χ4n) is 2.21. The molecular weight excluding hydrogens is 314 g/mol. The maximum Gasteiger partial charge on any atom is 0.230 e. The van der Waals surface area contributed by atoms with Crippen LogP contribution in [-0.4, -0.2) is 39.0 Å². The van der Waals surface area contributed by atoms with Crippen molar-refractivity contribution in [3.63, 3.8) is 0 Å². The predicted molar refractivity (Wildman–Crippen MR) is 85.8 cm³/mol. The van der Waals surface area contributed by atoms with Crippen LogP contribution in [0.1, 0.15) is 30.0 Å². The monoisotopic (exact) mass is 333 g/mol. The third-order valence-electron chi connectivity index (χ3n) is 3.48. The lowest BCUT2D eigenvalue weighted by Crippen LogP contribution is -2.24. The van der Waals surface area contributed by atoms with Crippen LogP contribution >= 0.6 is 11.8 Å². The van der Waals surface area contributed by atoms with Crippen molar-refractivity contribution in [2.45, 2.75) is 37.2 Å². The van der Waals surface area contributed by atoms with E-state index in [-0.39, 0.29) is 5.91 Å². The Morgan fingerprint density at radius 1 is 1.43 bits per heavy atom. The van der Waals surface area contributed by atoms with Gasteiger partial charge in [0.25, 0.3) is 0 Å². The van der Waals surface area contributed by atoms with Crippen molar-refractivity contribution in [3.8, 4) is 0 Å². The molecule has 0 saturated heterocycles. The molecule has 1 N–H and O–H groups in total. The Kier molecular flexibility index (Phi) is 5.24. The lowest BCUT2D eigenvalue weighted by Gasteiger charge is -2.07. The Morgan fingerprint density at radius 3 is 3.04 bits per heavy atom. The first kappa shape index (κ1) is 15.9. The van der Waals surface area contributed by atoms with Crippen LogP contribution in [-0.2, 0) is 22.7 Å². The Balaban J connectivity index is 1.46. The van der Waals surface area contributed by atoms with Gasteiger partial charge in [0.2, 0.25) is 11.1 Å². The summed E-state index contributed by atoms with van der Waals surface area (Å²) in [6.45, 7) is 1.08. The Hall–Kier alpha value is -1.93. The molecule has 122 valence electrons. The minimum Gasteiger partial charge on any atom is -0.380 e. The predicted octanol–water partition coefficient (Wildman–Crippen LogP) is 1.56. The van der Waals surface area contributed by atoms with Crippen LogP contribution in [0.5, 0.6) is 0 Å². The molecule has 7 nitrogen and oxygen atoms in total.